The minimum Gasteiger partial charge on any atom is -0.486 e. The van der Waals surface area contributed by atoms with Crippen molar-refractivity contribution in [2.75, 3.05) is 13.2 Å². The Bertz CT molecular complexity index is 847. The van der Waals surface area contributed by atoms with Crippen LogP contribution in [0.25, 0.3) is 11.5 Å². The molecule has 4 rings (SSSR count). The highest BCUT2D eigenvalue weighted by Gasteiger charge is 2.15. The molecule has 0 N–H and O–H groups in total. The highest BCUT2D eigenvalue weighted by molar-refractivity contribution is 9.10. The maximum Gasteiger partial charge on any atom is 0.248 e. The molecule has 0 bridgehead atoms. The van der Waals surface area contributed by atoms with Crippen LogP contribution in [-0.2, 0) is 6.42 Å². The van der Waals surface area contributed by atoms with Crippen molar-refractivity contribution in [3.05, 3.63) is 58.4 Å². The Morgan fingerprint density at radius 1 is 0.957 bits per heavy atom. The van der Waals surface area contributed by atoms with Gasteiger partial charge in [-0.05, 0) is 45.8 Å². The molecule has 3 aromatic rings. The average Bonchev–Trinajstić information content (AvgIpc) is 3.03. The lowest BCUT2D eigenvalue weighted by atomic mass is 10.1. The molecule has 23 heavy (non-hydrogen) atoms. The molecule has 0 saturated heterocycles. The Balaban J connectivity index is 1.57. The van der Waals surface area contributed by atoms with Crippen molar-refractivity contribution in [3.63, 3.8) is 0 Å². The number of hydrogen-bond donors (Lipinski definition) is 0. The number of ether oxygens (including phenoxy) is 2. The minimum atomic E-state index is 0.505. The third-order valence-corrected chi connectivity index (χ3v) is 4.22. The molecule has 1 aliphatic heterocycles. The molecular weight excluding hydrogens is 360 g/mol. The van der Waals surface area contributed by atoms with Gasteiger partial charge in [-0.2, -0.15) is 0 Å². The first-order valence-corrected chi connectivity index (χ1v) is 8.05. The summed E-state index contributed by atoms with van der Waals surface area (Å²) in [6.07, 6.45) is 0.550. The normalized spacial score (nSPS) is 13.1. The van der Waals surface area contributed by atoms with Gasteiger partial charge in [-0.25, -0.2) is 0 Å². The zero-order valence-electron chi connectivity index (χ0n) is 12.2. The predicted molar refractivity (Wildman–Crippen MR) is 87.7 cm³/mol. The van der Waals surface area contributed by atoms with Crippen molar-refractivity contribution in [2.45, 2.75) is 6.42 Å². The van der Waals surface area contributed by atoms with Crippen molar-refractivity contribution in [2.24, 2.45) is 0 Å². The summed E-state index contributed by atoms with van der Waals surface area (Å²) < 4.78 is 17.8. The van der Waals surface area contributed by atoms with Crippen LogP contribution in [0.3, 0.4) is 0 Å². The minimum absolute atomic E-state index is 0.505. The molecule has 0 aliphatic carbocycles. The van der Waals surface area contributed by atoms with E-state index in [1.807, 2.05) is 42.5 Å². The van der Waals surface area contributed by atoms with Crippen molar-refractivity contribution in [1.29, 1.82) is 0 Å². The second-order valence-corrected chi connectivity index (χ2v) is 5.99. The molecule has 116 valence electrons. The number of nitrogens with zero attached hydrogens (tertiary/aromatic N) is 2. The summed E-state index contributed by atoms with van der Waals surface area (Å²) in [6, 6.07) is 13.6. The van der Waals surface area contributed by atoms with Gasteiger partial charge in [-0.1, -0.05) is 18.2 Å². The maximum atomic E-state index is 5.77. The molecule has 0 saturated carbocycles. The quantitative estimate of drug-likeness (QED) is 0.698. The van der Waals surface area contributed by atoms with E-state index in [9.17, 15) is 0 Å². The zero-order chi connectivity index (χ0) is 15.6. The van der Waals surface area contributed by atoms with Crippen LogP contribution in [0.2, 0.25) is 0 Å². The second-order valence-electron chi connectivity index (χ2n) is 5.14. The van der Waals surface area contributed by atoms with Crippen molar-refractivity contribution >= 4 is 15.9 Å². The lowest BCUT2D eigenvalue weighted by Crippen LogP contribution is -2.15. The van der Waals surface area contributed by atoms with E-state index in [1.54, 1.807) is 0 Å². The van der Waals surface area contributed by atoms with Crippen molar-refractivity contribution in [3.8, 4) is 23.0 Å². The van der Waals surface area contributed by atoms with Crippen molar-refractivity contribution < 1.29 is 13.9 Å². The maximum absolute atomic E-state index is 5.77. The van der Waals surface area contributed by atoms with Gasteiger partial charge in [-0.15, -0.1) is 10.2 Å². The number of benzene rings is 2. The molecular formula is C17H13BrN2O3. The van der Waals surface area contributed by atoms with E-state index in [0.717, 1.165) is 27.1 Å². The molecule has 1 aromatic heterocycles. The monoisotopic (exact) mass is 372 g/mol. The number of rotatable bonds is 3. The van der Waals surface area contributed by atoms with E-state index >= 15 is 0 Å². The lowest BCUT2D eigenvalue weighted by Gasteiger charge is -2.18. The van der Waals surface area contributed by atoms with E-state index in [4.69, 9.17) is 13.9 Å². The first kappa shape index (κ1) is 14.3. The molecule has 2 aromatic carbocycles. The van der Waals surface area contributed by atoms with Gasteiger partial charge in [0.25, 0.3) is 0 Å². The fraction of sp³-hybridized carbons (Fsp3) is 0.176. The Labute approximate surface area is 141 Å². The first-order chi connectivity index (χ1) is 11.3. The van der Waals surface area contributed by atoms with Gasteiger partial charge in [-0.3, -0.25) is 0 Å². The van der Waals surface area contributed by atoms with Crippen LogP contribution in [0.15, 0.2) is 51.4 Å². The third kappa shape index (κ3) is 2.94. The van der Waals surface area contributed by atoms with E-state index < -0.39 is 0 Å². The second kappa shape index (κ2) is 6.04. The summed E-state index contributed by atoms with van der Waals surface area (Å²) in [7, 11) is 0. The molecule has 0 spiro atoms. The van der Waals surface area contributed by atoms with E-state index in [1.165, 1.54) is 0 Å². The van der Waals surface area contributed by atoms with Gasteiger partial charge in [0, 0.05) is 4.47 Å². The average molecular weight is 373 g/mol. The highest BCUT2D eigenvalue weighted by atomic mass is 79.9. The molecule has 0 radical (unpaired) electrons. The highest BCUT2D eigenvalue weighted by Crippen LogP contribution is 2.32. The van der Waals surface area contributed by atoms with Gasteiger partial charge < -0.3 is 13.9 Å². The number of aromatic nitrogens is 2. The van der Waals surface area contributed by atoms with Crippen LogP contribution in [0.4, 0.5) is 0 Å². The third-order valence-electron chi connectivity index (χ3n) is 3.53. The topological polar surface area (TPSA) is 57.4 Å². The van der Waals surface area contributed by atoms with Gasteiger partial charge in [0.2, 0.25) is 11.8 Å². The number of fused-ring (bicyclic) bond motifs is 1. The number of hydrogen-bond acceptors (Lipinski definition) is 5. The molecule has 5 nitrogen and oxygen atoms in total. The largest absolute Gasteiger partial charge is 0.486 e. The van der Waals surface area contributed by atoms with Crippen LogP contribution >= 0.6 is 15.9 Å². The van der Waals surface area contributed by atoms with Crippen LogP contribution < -0.4 is 9.47 Å². The van der Waals surface area contributed by atoms with Crippen molar-refractivity contribution in [1.82, 2.24) is 10.2 Å². The molecule has 1 aliphatic rings. The Hall–Kier alpha value is -2.34. The molecule has 2 heterocycles. The predicted octanol–water partition coefficient (Wildman–Crippen LogP) is 3.86. The lowest BCUT2D eigenvalue weighted by molar-refractivity contribution is 0.171. The van der Waals surface area contributed by atoms with Crippen LogP contribution in [0.5, 0.6) is 11.5 Å². The van der Waals surface area contributed by atoms with E-state index in [0.29, 0.717) is 31.4 Å². The number of halogens is 1. The first-order valence-electron chi connectivity index (χ1n) is 7.25. The summed E-state index contributed by atoms with van der Waals surface area (Å²) in [5, 5.41) is 8.26. The Morgan fingerprint density at radius 3 is 2.65 bits per heavy atom. The fourth-order valence-electron chi connectivity index (χ4n) is 2.44. The molecule has 0 fully saturated rings. The SMILES string of the molecule is Brc1ccccc1-c1nnc(Cc2ccc3c(c2)OCCO3)o1. The fourth-order valence-corrected chi connectivity index (χ4v) is 2.90. The smallest absolute Gasteiger partial charge is 0.248 e. The summed E-state index contributed by atoms with van der Waals surface area (Å²) in [6.45, 7) is 1.16. The Morgan fingerprint density at radius 2 is 1.78 bits per heavy atom. The molecule has 0 atom stereocenters. The molecule has 0 amide bonds. The summed E-state index contributed by atoms with van der Waals surface area (Å²) in [5.74, 6) is 2.61. The van der Waals surface area contributed by atoms with Gasteiger partial charge in [0.1, 0.15) is 13.2 Å². The van der Waals surface area contributed by atoms with E-state index in [-0.39, 0.29) is 0 Å². The Kier molecular flexibility index (Phi) is 3.75. The molecule has 0 unspecified atom stereocenters. The van der Waals surface area contributed by atoms with Gasteiger partial charge >= 0.3 is 0 Å². The van der Waals surface area contributed by atoms with E-state index in [2.05, 4.69) is 26.1 Å². The summed E-state index contributed by atoms with van der Waals surface area (Å²) in [5.41, 5.74) is 1.92. The van der Waals surface area contributed by atoms with Crippen LogP contribution in [0.1, 0.15) is 11.5 Å². The molecule has 6 heteroatoms. The standard InChI is InChI=1S/C17H13BrN2O3/c18-13-4-2-1-3-12(13)17-20-19-16(23-17)10-11-5-6-14-15(9-11)22-8-7-21-14/h1-6,9H,7-8,10H2. The summed E-state index contributed by atoms with van der Waals surface area (Å²) >= 11 is 3.49. The summed E-state index contributed by atoms with van der Waals surface area (Å²) in [4.78, 5) is 0. The van der Waals surface area contributed by atoms with Crippen LogP contribution in [0, 0.1) is 0 Å². The van der Waals surface area contributed by atoms with Gasteiger partial charge in [0.05, 0.1) is 12.0 Å². The van der Waals surface area contributed by atoms with Gasteiger partial charge in [0.15, 0.2) is 11.5 Å². The van der Waals surface area contributed by atoms with Crippen LogP contribution in [-0.4, -0.2) is 23.4 Å². The zero-order valence-corrected chi connectivity index (χ0v) is 13.7.